The van der Waals surface area contributed by atoms with Gasteiger partial charge in [-0.25, -0.2) is 14.5 Å². The molecule has 1 aromatic heterocycles. The van der Waals surface area contributed by atoms with Crippen molar-refractivity contribution >= 4 is 40.8 Å². The van der Waals surface area contributed by atoms with Gasteiger partial charge in [-0.3, -0.25) is 24.3 Å². The van der Waals surface area contributed by atoms with Gasteiger partial charge in [-0.05, 0) is 60.1 Å². The van der Waals surface area contributed by atoms with Gasteiger partial charge in [0.15, 0.2) is 0 Å². The largest absolute Gasteiger partial charge is 0.444 e. The van der Waals surface area contributed by atoms with E-state index >= 15 is 0 Å². The second kappa shape index (κ2) is 12.8. The molecule has 0 spiro atoms. The maximum atomic E-state index is 13.9. The van der Waals surface area contributed by atoms with Crippen LogP contribution in [0.15, 0.2) is 36.5 Å². The summed E-state index contributed by atoms with van der Waals surface area (Å²) in [6.45, 7) is 10.6. The fourth-order valence-corrected chi connectivity index (χ4v) is 5.33. The summed E-state index contributed by atoms with van der Waals surface area (Å²) in [5, 5.41) is 0.860. The number of hydrogen-bond donors (Lipinski definition) is 1. The summed E-state index contributed by atoms with van der Waals surface area (Å²) in [5.41, 5.74) is 5.15. The number of nitrogens with two attached hydrogens (primary N) is 1. The van der Waals surface area contributed by atoms with Crippen LogP contribution >= 0.6 is 0 Å². The molecule has 238 valence electrons. The van der Waals surface area contributed by atoms with Crippen LogP contribution in [0, 0.1) is 0 Å². The minimum absolute atomic E-state index is 0.00897. The lowest BCUT2D eigenvalue weighted by atomic mass is 10.1. The summed E-state index contributed by atoms with van der Waals surface area (Å²) in [7, 11) is 0. The number of carbonyl (C=O) groups is 5. The third-order valence-corrected chi connectivity index (χ3v) is 7.31. The molecule has 2 fully saturated rings. The molecule has 0 unspecified atom stereocenters. The zero-order valence-corrected chi connectivity index (χ0v) is 26.2. The second-order valence-corrected chi connectivity index (χ2v) is 13.0. The average molecular weight is 611 g/mol. The Kier molecular flexibility index (Phi) is 9.47. The summed E-state index contributed by atoms with van der Waals surface area (Å²) in [5.74, 6) is -1.22. The van der Waals surface area contributed by atoms with E-state index in [0.717, 1.165) is 15.8 Å². The van der Waals surface area contributed by atoms with E-state index in [4.69, 9.17) is 15.2 Å². The summed E-state index contributed by atoms with van der Waals surface area (Å²) in [6, 6.07) is 7.48. The fraction of sp³-hybridized carbons (Fsp3) is 0.548. The summed E-state index contributed by atoms with van der Waals surface area (Å²) < 4.78 is 11.0. The lowest BCUT2D eigenvalue weighted by Gasteiger charge is -2.37. The Bertz CT molecular complexity index is 1420. The normalized spacial score (nSPS) is 19.1. The van der Waals surface area contributed by atoms with E-state index in [1.165, 1.54) is 4.90 Å². The molecule has 5 amide bonds. The molecular weight excluding hydrogens is 568 g/mol. The Morgan fingerprint density at radius 3 is 2.16 bits per heavy atom. The Labute approximate surface area is 257 Å². The predicted octanol–water partition coefficient (Wildman–Crippen LogP) is 2.62. The van der Waals surface area contributed by atoms with Gasteiger partial charge >= 0.3 is 12.2 Å². The standard InChI is InChI=1S/C31H42N6O7/c1-30(2,3)43-28(41)36-19-22(37(25(38)17-32)29(42)44-31(4,5)6)16-24(36)27(40)35-13-11-34(12-14-35)26(39)21-15-20-9-7-8-10-23(20)33-18-21/h7-10,15,18,22,24H,11-14,16-17,19,32H2,1-6H3/t22-,24+/m1/s1. The molecule has 2 N–H and O–H groups in total. The summed E-state index contributed by atoms with van der Waals surface area (Å²) in [4.78, 5) is 76.1. The van der Waals surface area contributed by atoms with Gasteiger partial charge in [0.1, 0.15) is 17.2 Å². The molecular formula is C31H42N6O7. The first kappa shape index (κ1) is 32.6. The van der Waals surface area contributed by atoms with Crippen LogP contribution in [0.2, 0.25) is 0 Å². The molecule has 2 aliphatic rings. The Hall–Kier alpha value is -4.26. The minimum atomic E-state index is -1.00. The van der Waals surface area contributed by atoms with Gasteiger partial charge in [-0.1, -0.05) is 18.2 Å². The first-order valence-corrected chi connectivity index (χ1v) is 14.8. The number of fused-ring (bicyclic) bond motifs is 1. The smallest absolute Gasteiger partial charge is 0.417 e. The van der Waals surface area contributed by atoms with Crippen LogP contribution in [0.3, 0.4) is 0 Å². The molecule has 0 saturated carbocycles. The quantitative estimate of drug-likeness (QED) is 0.550. The van der Waals surface area contributed by atoms with Gasteiger partial charge in [0.05, 0.1) is 23.7 Å². The van der Waals surface area contributed by atoms with E-state index in [2.05, 4.69) is 4.98 Å². The number of amides is 5. The number of benzene rings is 1. The fourth-order valence-electron chi connectivity index (χ4n) is 5.33. The third kappa shape index (κ3) is 7.62. The molecule has 4 rings (SSSR count). The van der Waals surface area contributed by atoms with Gasteiger partial charge in [0, 0.05) is 44.3 Å². The van der Waals surface area contributed by atoms with Crippen LogP contribution in [-0.4, -0.2) is 117 Å². The number of aromatic nitrogens is 1. The number of piperazine rings is 1. The number of imide groups is 1. The van der Waals surface area contributed by atoms with Crippen LogP contribution in [0.25, 0.3) is 10.9 Å². The van der Waals surface area contributed by atoms with Gasteiger partial charge < -0.3 is 25.0 Å². The van der Waals surface area contributed by atoms with Crippen molar-refractivity contribution in [1.82, 2.24) is 24.6 Å². The maximum absolute atomic E-state index is 13.9. The van der Waals surface area contributed by atoms with E-state index in [1.54, 1.807) is 63.6 Å². The molecule has 2 aromatic rings. The van der Waals surface area contributed by atoms with Crippen molar-refractivity contribution in [2.75, 3.05) is 39.3 Å². The van der Waals surface area contributed by atoms with Gasteiger partial charge in [-0.15, -0.1) is 0 Å². The van der Waals surface area contributed by atoms with Crippen molar-refractivity contribution in [3.05, 3.63) is 42.1 Å². The van der Waals surface area contributed by atoms with Gasteiger partial charge in [0.2, 0.25) is 11.8 Å². The zero-order valence-electron chi connectivity index (χ0n) is 26.2. The topological polar surface area (TPSA) is 156 Å². The predicted molar refractivity (Wildman–Crippen MR) is 161 cm³/mol. The monoisotopic (exact) mass is 610 g/mol. The van der Waals surface area contributed by atoms with Crippen molar-refractivity contribution in [2.24, 2.45) is 5.73 Å². The molecule has 13 nitrogen and oxygen atoms in total. The molecule has 13 heteroatoms. The number of likely N-dealkylation sites (tertiary alicyclic amines) is 1. The van der Waals surface area contributed by atoms with Crippen molar-refractivity contribution in [1.29, 1.82) is 0 Å². The zero-order chi connectivity index (χ0) is 32.4. The Balaban J connectivity index is 1.50. The number of ether oxygens (including phenoxy) is 2. The lowest BCUT2D eigenvalue weighted by Crippen LogP contribution is -2.55. The van der Waals surface area contributed by atoms with Crippen molar-refractivity contribution < 1.29 is 33.4 Å². The maximum Gasteiger partial charge on any atom is 0.417 e. The minimum Gasteiger partial charge on any atom is -0.444 e. The van der Waals surface area contributed by atoms with Gasteiger partial charge in [0.25, 0.3) is 5.91 Å². The molecule has 2 saturated heterocycles. The van der Waals surface area contributed by atoms with Crippen molar-refractivity contribution in [3.63, 3.8) is 0 Å². The Morgan fingerprint density at radius 2 is 1.55 bits per heavy atom. The number of pyridine rings is 1. The first-order valence-electron chi connectivity index (χ1n) is 14.8. The number of nitrogens with zero attached hydrogens (tertiary/aromatic N) is 5. The van der Waals surface area contributed by atoms with Crippen molar-refractivity contribution in [3.8, 4) is 0 Å². The van der Waals surface area contributed by atoms with E-state index < -0.39 is 47.9 Å². The van der Waals surface area contributed by atoms with E-state index in [-0.39, 0.29) is 51.0 Å². The first-order chi connectivity index (χ1) is 20.6. The third-order valence-electron chi connectivity index (χ3n) is 7.31. The molecule has 2 aliphatic heterocycles. The van der Waals surface area contributed by atoms with Crippen LogP contribution in [0.1, 0.15) is 58.3 Å². The SMILES string of the molecule is CC(C)(C)OC(=O)N1C[C@H](N(C(=O)CN)C(=O)OC(C)(C)C)C[C@H]1C(=O)N1CCN(C(=O)c2cnc3ccccc3c2)CC1. The highest BCUT2D eigenvalue weighted by molar-refractivity contribution is 5.97. The van der Waals surface area contributed by atoms with Crippen LogP contribution in [-0.2, 0) is 19.1 Å². The summed E-state index contributed by atoms with van der Waals surface area (Å²) >= 11 is 0. The number of hydrogen-bond acceptors (Lipinski definition) is 9. The molecule has 2 atom stereocenters. The van der Waals surface area contributed by atoms with Crippen molar-refractivity contribution in [2.45, 2.75) is 71.2 Å². The van der Waals surface area contributed by atoms with Crippen LogP contribution < -0.4 is 5.73 Å². The molecule has 0 radical (unpaired) electrons. The van der Waals surface area contributed by atoms with Gasteiger partial charge in [-0.2, -0.15) is 0 Å². The van der Waals surface area contributed by atoms with Crippen LogP contribution in [0.5, 0.6) is 0 Å². The highest BCUT2D eigenvalue weighted by Gasteiger charge is 2.48. The van der Waals surface area contributed by atoms with Crippen LogP contribution in [0.4, 0.5) is 9.59 Å². The molecule has 44 heavy (non-hydrogen) atoms. The van der Waals surface area contributed by atoms with E-state index in [0.29, 0.717) is 5.56 Å². The Morgan fingerprint density at radius 1 is 0.932 bits per heavy atom. The molecule has 1 aromatic carbocycles. The molecule has 3 heterocycles. The lowest BCUT2D eigenvalue weighted by molar-refractivity contribution is -0.137. The highest BCUT2D eigenvalue weighted by atomic mass is 16.6. The molecule has 0 aliphatic carbocycles. The number of carbonyl (C=O) groups excluding carboxylic acids is 5. The van der Waals surface area contributed by atoms with E-state index in [9.17, 15) is 24.0 Å². The number of rotatable bonds is 4. The molecule has 0 bridgehead atoms. The highest BCUT2D eigenvalue weighted by Crippen LogP contribution is 2.28. The average Bonchev–Trinajstić information content (AvgIpc) is 3.39. The van der Waals surface area contributed by atoms with E-state index in [1.807, 2.05) is 24.3 Å². The second-order valence-electron chi connectivity index (χ2n) is 13.0. The summed E-state index contributed by atoms with van der Waals surface area (Å²) in [6.07, 6.45) is -0.0883. The number of para-hydroxylation sites is 1.